The lowest BCUT2D eigenvalue weighted by atomic mass is 9.96. The molecular weight excluding hydrogens is 552 g/mol. The van der Waals surface area contributed by atoms with Gasteiger partial charge in [-0.3, -0.25) is 4.79 Å². The third-order valence-electron chi connectivity index (χ3n) is 6.52. The maximum Gasteiger partial charge on any atom is 0.424 e. The molecule has 2 aromatic carbocycles. The zero-order chi connectivity index (χ0) is 29.7. The number of hydrogen-bond acceptors (Lipinski definition) is 5. The topological polar surface area (TPSA) is 80.2 Å². The molecule has 0 heterocycles. The van der Waals surface area contributed by atoms with E-state index in [1.165, 1.54) is 51.3 Å². The van der Waals surface area contributed by atoms with E-state index in [4.69, 9.17) is 21.1 Å². The molecule has 1 aliphatic carbocycles. The SMILES string of the molecule is C=C(C)C(=N/C(=C\C)C(O)(CNC(=O)c1ccc(OC2CCCC2)c(OC)c1)C(F)(F)F)c1ccc(F)c(Cl)c1. The predicted molar refractivity (Wildman–Crippen MR) is 146 cm³/mol. The summed E-state index contributed by atoms with van der Waals surface area (Å²) in [5.74, 6) is -0.912. The molecule has 0 aliphatic heterocycles. The van der Waals surface area contributed by atoms with Crippen LogP contribution in [-0.2, 0) is 0 Å². The Labute approximate surface area is 235 Å². The quantitative estimate of drug-likeness (QED) is 0.238. The van der Waals surface area contributed by atoms with E-state index >= 15 is 0 Å². The Morgan fingerprint density at radius 3 is 2.38 bits per heavy atom. The van der Waals surface area contributed by atoms with Crippen molar-refractivity contribution in [3.8, 4) is 11.5 Å². The Hall–Kier alpha value is -3.37. The average molecular weight is 583 g/mol. The lowest BCUT2D eigenvalue weighted by molar-refractivity contribution is -0.241. The molecule has 0 radical (unpaired) electrons. The van der Waals surface area contributed by atoms with Crippen molar-refractivity contribution in [1.29, 1.82) is 0 Å². The molecule has 11 heteroatoms. The monoisotopic (exact) mass is 582 g/mol. The lowest BCUT2D eigenvalue weighted by Gasteiger charge is -2.31. The highest BCUT2D eigenvalue weighted by atomic mass is 35.5. The van der Waals surface area contributed by atoms with Crippen molar-refractivity contribution < 1.29 is 36.9 Å². The van der Waals surface area contributed by atoms with Gasteiger partial charge in [0.1, 0.15) is 5.82 Å². The summed E-state index contributed by atoms with van der Waals surface area (Å²) in [6, 6.07) is 7.81. The van der Waals surface area contributed by atoms with Gasteiger partial charge >= 0.3 is 6.18 Å². The number of allylic oxidation sites excluding steroid dienone is 2. The Balaban J connectivity index is 1.88. The number of nitrogens with one attached hydrogen (secondary N) is 1. The molecule has 216 valence electrons. The van der Waals surface area contributed by atoms with Gasteiger partial charge in [-0.1, -0.05) is 24.3 Å². The zero-order valence-electron chi connectivity index (χ0n) is 22.4. The van der Waals surface area contributed by atoms with Crippen LogP contribution in [0, 0.1) is 5.82 Å². The maximum atomic E-state index is 14.3. The molecule has 1 aliphatic rings. The summed E-state index contributed by atoms with van der Waals surface area (Å²) in [4.78, 5) is 16.9. The predicted octanol–water partition coefficient (Wildman–Crippen LogP) is 6.80. The van der Waals surface area contributed by atoms with E-state index < -0.39 is 35.7 Å². The van der Waals surface area contributed by atoms with Crippen LogP contribution in [0.25, 0.3) is 0 Å². The van der Waals surface area contributed by atoms with Crippen LogP contribution in [0.5, 0.6) is 11.5 Å². The average Bonchev–Trinajstić information content (AvgIpc) is 3.42. The van der Waals surface area contributed by atoms with Gasteiger partial charge in [-0.2, -0.15) is 13.2 Å². The highest BCUT2D eigenvalue weighted by molar-refractivity contribution is 6.31. The summed E-state index contributed by atoms with van der Waals surface area (Å²) in [6.45, 7) is 5.25. The van der Waals surface area contributed by atoms with Gasteiger partial charge in [-0.15, -0.1) is 0 Å². The number of rotatable bonds is 10. The first-order valence-electron chi connectivity index (χ1n) is 12.6. The van der Waals surface area contributed by atoms with Crippen molar-refractivity contribution >= 4 is 23.2 Å². The molecule has 1 fully saturated rings. The molecule has 40 heavy (non-hydrogen) atoms. The second-order valence-electron chi connectivity index (χ2n) is 9.47. The number of hydrogen-bond donors (Lipinski definition) is 2. The van der Waals surface area contributed by atoms with E-state index in [1.807, 2.05) is 0 Å². The van der Waals surface area contributed by atoms with Crippen LogP contribution in [0.1, 0.15) is 55.5 Å². The molecule has 1 atom stereocenters. The van der Waals surface area contributed by atoms with E-state index in [2.05, 4.69) is 16.9 Å². The molecule has 1 amide bonds. The van der Waals surface area contributed by atoms with E-state index in [9.17, 15) is 27.5 Å². The summed E-state index contributed by atoms with van der Waals surface area (Å²) in [6.07, 6.45) is -0.310. The van der Waals surface area contributed by atoms with Crippen molar-refractivity contribution in [2.75, 3.05) is 13.7 Å². The first-order valence-corrected chi connectivity index (χ1v) is 13.0. The Bertz CT molecular complexity index is 1320. The van der Waals surface area contributed by atoms with Gasteiger partial charge in [0.25, 0.3) is 5.91 Å². The van der Waals surface area contributed by atoms with Crippen molar-refractivity contribution in [3.63, 3.8) is 0 Å². The largest absolute Gasteiger partial charge is 0.493 e. The molecule has 0 aromatic heterocycles. The normalized spacial score (nSPS) is 16.4. The zero-order valence-corrected chi connectivity index (χ0v) is 23.1. The number of aliphatic imine (C=N–C) groups is 1. The maximum absolute atomic E-state index is 14.3. The number of ether oxygens (including phenoxy) is 2. The molecular formula is C29H31ClF4N2O4. The standard InChI is InChI=1S/C29H31ClF4N2O4/c1-5-25(36-26(17(2)3)18-10-12-22(31)21(30)14-18)28(38,29(32,33)34)16-35-27(37)19-11-13-23(24(15-19)39-4)40-20-8-6-7-9-20/h5,10-15,20,38H,2,6-9,16H2,1,3-4H3,(H,35,37)/b25-5-,36-26?. The number of nitrogens with zero attached hydrogens (tertiary/aromatic N) is 1. The third-order valence-corrected chi connectivity index (χ3v) is 6.81. The number of alkyl halides is 3. The Morgan fingerprint density at radius 2 is 1.82 bits per heavy atom. The molecule has 3 rings (SSSR count). The van der Waals surface area contributed by atoms with Gasteiger partial charge < -0.3 is 19.9 Å². The van der Waals surface area contributed by atoms with Gasteiger partial charge in [0.05, 0.1) is 36.2 Å². The number of benzene rings is 2. The van der Waals surface area contributed by atoms with Crippen LogP contribution in [0.3, 0.4) is 0 Å². The fourth-order valence-electron chi connectivity index (χ4n) is 4.30. The highest BCUT2D eigenvalue weighted by Crippen LogP contribution is 2.38. The Kier molecular flexibility index (Phi) is 10.0. The molecule has 0 bridgehead atoms. The van der Waals surface area contributed by atoms with E-state index in [1.54, 1.807) is 0 Å². The summed E-state index contributed by atoms with van der Waals surface area (Å²) >= 11 is 5.84. The summed E-state index contributed by atoms with van der Waals surface area (Å²) in [5, 5.41) is 12.8. The number of aliphatic hydroxyl groups is 1. The molecule has 2 aromatic rings. The van der Waals surface area contributed by atoms with Crippen molar-refractivity contribution in [1.82, 2.24) is 5.32 Å². The lowest BCUT2D eigenvalue weighted by Crippen LogP contribution is -2.54. The van der Waals surface area contributed by atoms with Gasteiger partial charge in [0.15, 0.2) is 11.5 Å². The van der Waals surface area contributed by atoms with Crippen molar-refractivity contribution in [2.24, 2.45) is 4.99 Å². The second-order valence-corrected chi connectivity index (χ2v) is 9.88. The smallest absolute Gasteiger partial charge is 0.424 e. The fraction of sp³-hybridized carbons (Fsp3) is 0.379. The number of carbonyl (C=O) groups is 1. The van der Waals surface area contributed by atoms with Crippen LogP contribution in [0.4, 0.5) is 17.6 Å². The number of methoxy groups -OCH3 is 1. The number of carbonyl (C=O) groups excluding carboxylic acids is 1. The highest BCUT2D eigenvalue weighted by Gasteiger charge is 2.56. The summed E-state index contributed by atoms with van der Waals surface area (Å²) < 4.78 is 67.8. The second kappa shape index (κ2) is 12.9. The third kappa shape index (κ3) is 7.03. The minimum absolute atomic E-state index is 0.00857. The fourth-order valence-corrected chi connectivity index (χ4v) is 4.48. The van der Waals surface area contributed by atoms with Crippen molar-refractivity contribution in [2.45, 2.75) is 57.4 Å². The number of halogens is 5. The Morgan fingerprint density at radius 1 is 1.18 bits per heavy atom. The van der Waals surface area contributed by atoms with Crippen LogP contribution in [0.15, 0.2) is 65.3 Å². The summed E-state index contributed by atoms with van der Waals surface area (Å²) in [7, 11) is 1.39. The minimum atomic E-state index is -5.23. The van der Waals surface area contributed by atoms with Crippen LogP contribution < -0.4 is 14.8 Å². The minimum Gasteiger partial charge on any atom is -0.493 e. The number of amides is 1. The first kappa shape index (κ1) is 31.2. The summed E-state index contributed by atoms with van der Waals surface area (Å²) in [5.41, 5.74) is -3.98. The molecule has 0 saturated heterocycles. The van der Waals surface area contributed by atoms with Gasteiger partial charge in [0.2, 0.25) is 5.60 Å². The molecule has 1 unspecified atom stereocenters. The van der Waals surface area contributed by atoms with Gasteiger partial charge in [0, 0.05) is 11.1 Å². The molecule has 6 nitrogen and oxygen atoms in total. The molecule has 2 N–H and O–H groups in total. The van der Waals surface area contributed by atoms with E-state index in [0.29, 0.717) is 5.75 Å². The first-order chi connectivity index (χ1) is 18.8. The van der Waals surface area contributed by atoms with Crippen LogP contribution in [-0.4, -0.2) is 48.3 Å². The van der Waals surface area contributed by atoms with Gasteiger partial charge in [-0.25, -0.2) is 9.38 Å². The molecule has 0 spiro atoms. The van der Waals surface area contributed by atoms with Crippen molar-refractivity contribution in [3.05, 3.63) is 82.3 Å². The van der Waals surface area contributed by atoms with Crippen LogP contribution >= 0.6 is 11.6 Å². The van der Waals surface area contributed by atoms with Gasteiger partial charge in [-0.05, 0) is 81.5 Å². The van der Waals surface area contributed by atoms with E-state index in [0.717, 1.165) is 37.8 Å². The van der Waals surface area contributed by atoms with E-state index in [-0.39, 0.29) is 39.3 Å². The van der Waals surface area contributed by atoms with Crippen LogP contribution in [0.2, 0.25) is 5.02 Å². The molecule has 1 saturated carbocycles.